The van der Waals surface area contributed by atoms with Crippen LogP contribution in [0.2, 0.25) is 0 Å². The van der Waals surface area contributed by atoms with Crippen LogP contribution in [0, 0.1) is 0 Å². The Balaban J connectivity index is 2.60. The van der Waals surface area contributed by atoms with Gasteiger partial charge in [-0.05, 0) is 55.3 Å². The molecular formula is C18H25N3O. The Morgan fingerprint density at radius 2 is 1.77 bits per heavy atom. The number of anilines is 1. The lowest BCUT2D eigenvalue weighted by molar-refractivity contribution is -0.114. The molecule has 0 heterocycles. The predicted octanol–water partition coefficient (Wildman–Crippen LogP) is 2.58. The van der Waals surface area contributed by atoms with E-state index in [0.29, 0.717) is 13.1 Å². The van der Waals surface area contributed by atoms with Crippen molar-refractivity contribution in [1.29, 1.82) is 0 Å². The highest BCUT2D eigenvalue weighted by Gasteiger charge is 2.14. The van der Waals surface area contributed by atoms with E-state index < -0.39 is 0 Å². The third-order valence-corrected chi connectivity index (χ3v) is 3.83. The number of aryl methyl sites for hydroxylation is 1. The van der Waals surface area contributed by atoms with Crippen LogP contribution in [-0.4, -0.2) is 19.0 Å². The Hall–Kier alpha value is -1.91. The summed E-state index contributed by atoms with van der Waals surface area (Å²) in [6, 6.07) is 10.4. The molecule has 2 rings (SSSR count). The summed E-state index contributed by atoms with van der Waals surface area (Å²) in [5.41, 5.74) is 14.8. The van der Waals surface area contributed by atoms with E-state index in [-0.39, 0.29) is 5.91 Å². The maximum atomic E-state index is 11.7. The first-order chi connectivity index (χ1) is 10.7. The van der Waals surface area contributed by atoms with Crippen molar-refractivity contribution in [2.45, 2.75) is 32.6 Å². The van der Waals surface area contributed by atoms with Gasteiger partial charge in [-0.15, -0.1) is 0 Å². The van der Waals surface area contributed by atoms with Gasteiger partial charge in [-0.1, -0.05) is 30.3 Å². The Morgan fingerprint density at radius 3 is 2.45 bits per heavy atom. The summed E-state index contributed by atoms with van der Waals surface area (Å²) in [5.74, 6) is -0.0462. The third-order valence-electron chi connectivity index (χ3n) is 3.83. The van der Waals surface area contributed by atoms with E-state index in [0.717, 1.165) is 42.1 Å². The zero-order valence-electron chi connectivity index (χ0n) is 13.2. The van der Waals surface area contributed by atoms with Crippen LogP contribution in [0.25, 0.3) is 10.8 Å². The molecule has 0 unspecified atom stereocenters. The predicted molar refractivity (Wildman–Crippen MR) is 93.0 cm³/mol. The van der Waals surface area contributed by atoms with Gasteiger partial charge in [0.05, 0.1) is 5.69 Å². The molecule has 0 bridgehead atoms. The molecule has 0 aliphatic heterocycles. The number of rotatable bonds is 7. The summed E-state index contributed by atoms with van der Waals surface area (Å²) in [6.07, 6.45) is 3.64. The Morgan fingerprint density at radius 1 is 1.09 bits per heavy atom. The maximum Gasteiger partial charge on any atom is 0.221 e. The van der Waals surface area contributed by atoms with Gasteiger partial charge in [0, 0.05) is 12.3 Å². The Labute approximate surface area is 131 Å². The number of amides is 1. The van der Waals surface area contributed by atoms with E-state index in [9.17, 15) is 4.79 Å². The minimum atomic E-state index is -0.0462. The van der Waals surface area contributed by atoms with E-state index in [1.54, 1.807) is 6.92 Å². The molecule has 22 heavy (non-hydrogen) atoms. The number of hydrogen-bond acceptors (Lipinski definition) is 3. The smallest absolute Gasteiger partial charge is 0.221 e. The van der Waals surface area contributed by atoms with E-state index >= 15 is 0 Å². The summed E-state index contributed by atoms with van der Waals surface area (Å²) in [7, 11) is 0. The zero-order valence-corrected chi connectivity index (χ0v) is 13.2. The largest absolute Gasteiger partial charge is 0.330 e. The van der Waals surface area contributed by atoms with Crippen LogP contribution in [0.1, 0.15) is 30.9 Å². The first-order valence-corrected chi connectivity index (χ1v) is 7.88. The molecule has 0 saturated carbocycles. The number of fused-ring (bicyclic) bond motifs is 1. The molecule has 118 valence electrons. The van der Waals surface area contributed by atoms with Gasteiger partial charge in [0.1, 0.15) is 0 Å². The molecule has 0 aliphatic rings. The molecule has 5 N–H and O–H groups in total. The molecule has 0 fully saturated rings. The average Bonchev–Trinajstić information content (AvgIpc) is 2.51. The van der Waals surface area contributed by atoms with E-state index in [2.05, 4.69) is 23.5 Å². The van der Waals surface area contributed by atoms with Crippen LogP contribution in [0.3, 0.4) is 0 Å². The van der Waals surface area contributed by atoms with Gasteiger partial charge >= 0.3 is 0 Å². The van der Waals surface area contributed by atoms with Gasteiger partial charge in [0.2, 0.25) is 5.91 Å². The second-order valence-corrected chi connectivity index (χ2v) is 5.58. The average molecular weight is 299 g/mol. The summed E-state index contributed by atoms with van der Waals surface area (Å²) in [4.78, 5) is 11.7. The lowest BCUT2D eigenvalue weighted by atomic mass is 9.92. The van der Waals surface area contributed by atoms with Crippen molar-refractivity contribution in [3.05, 3.63) is 41.5 Å². The molecule has 2 aromatic carbocycles. The van der Waals surface area contributed by atoms with Crippen molar-refractivity contribution in [1.82, 2.24) is 0 Å². The third kappa shape index (κ3) is 3.84. The number of carbonyl (C=O) groups excluding carboxylic acids is 1. The highest BCUT2D eigenvalue weighted by Crippen LogP contribution is 2.32. The summed E-state index contributed by atoms with van der Waals surface area (Å²) >= 11 is 0. The molecule has 0 radical (unpaired) electrons. The molecule has 4 nitrogen and oxygen atoms in total. The van der Waals surface area contributed by atoms with Gasteiger partial charge in [-0.3, -0.25) is 4.79 Å². The maximum absolute atomic E-state index is 11.7. The number of nitrogens with two attached hydrogens (primary N) is 2. The molecule has 0 atom stereocenters. The van der Waals surface area contributed by atoms with Crippen LogP contribution in [0.15, 0.2) is 30.3 Å². The topological polar surface area (TPSA) is 81.1 Å². The van der Waals surface area contributed by atoms with Crippen LogP contribution < -0.4 is 16.8 Å². The highest BCUT2D eigenvalue weighted by atomic mass is 16.1. The number of carbonyl (C=O) groups is 1. The fraction of sp³-hybridized carbons (Fsp3) is 0.389. The van der Waals surface area contributed by atoms with Crippen molar-refractivity contribution in [2.75, 3.05) is 18.4 Å². The number of nitrogens with one attached hydrogen (secondary N) is 1. The van der Waals surface area contributed by atoms with E-state index in [4.69, 9.17) is 11.5 Å². The summed E-state index contributed by atoms with van der Waals surface area (Å²) in [5, 5.41) is 5.26. The van der Waals surface area contributed by atoms with Gasteiger partial charge in [0.15, 0.2) is 0 Å². The zero-order chi connectivity index (χ0) is 15.9. The lowest BCUT2D eigenvalue weighted by Crippen LogP contribution is -2.12. The number of benzene rings is 2. The fourth-order valence-electron chi connectivity index (χ4n) is 2.85. The minimum Gasteiger partial charge on any atom is -0.330 e. The standard InChI is InChI=1S/C18H25N3O/c1-13(22)21-18-16-8-3-2-6-14(16)12-15(7-4-10-19)17(18)9-5-11-20/h2-3,6,8,12H,4-5,7,9-11,19-20H2,1H3,(H,21,22). The fourth-order valence-corrected chi connectivity index (χ4v) is 2.85. The quantitative estimate of drug-likeness (QED) is 0.735. The number of hydrogen-bond donors (Lipinski definition) is 3. The first-order valence-electron chi connectivity index (χ1n) is 7.88. The normalized spacial score (nSPS) is 10.9. The van der Waals surface area contributed by atoms with Crippen LogP contribution in [-0.2, 0) is 17.6 Å². The van der Waals surface area contributed by atoms with Gasteiger partial charge in [-0.2, -0.15) is 0 Å². The minimum absolute atomic E-state index is 0.0462. The van der Waals surface area contributed by atoms with Crippen LogP contribution in [0.4, 0.5) is 5.69 Å². The highest BCUT2D eigenvalue weighted by molar-refractivity contribution is 6.03. The molecule has 0 aromatic heterocycles. The molecule has 1 amide bonds. The first kappa shape index (κ1) is 16.5. The van der Waals surface area contributed by atoms with Gasteiger partial charge in [0.25, 0.3) is 0 Å². The lowest BCUT2D eigenvalue weighted by Gasteiger charge is -2.18. The van der Waals surface area contributed by atoms with Crippen molar-refractivity contribution < 1.29 is 4.79 Å². The second kappa shape index (κ2) is 7.92. The molecule has 0 aliphatic carbocycles. The molecule has 4 heteroatoms. The van der Waals surface area contributed by atoms with Crippen molar-refractivity contribution >= 4 is 22.4 Å². The summed E-state index contributed by atoms with van der Waals surface area (Å²) < 4.78 is 0. The van der Waals surface area contributed by atoms with E-state index in [1.165, 1.54) is 11.1 Å². The second-order valence-electron chi connectivity index (χ2n) is 5.58. The molecule has 2 aromatic rings. The Bertz CT molecular complexity index is 652. The van der Waals surface area contributed by atoms with Crippen LogP contribution >= 0.6 is 0 Å². The Kier molecular flexibility index (Phi) is 5.92. The molecular weight excluding hydrogens is 274 g/mol. The monoisotopic (exact) mass is 299 g/mol. The van der Waals surface area contributed by atoms with Gasteiger partial charge < -0.3 is 16.8 Å². The van der Waals surface area contributed by atoms with Gasteiger partial charge in [-0.25, -0.2) is 0 Å². The summed E-state index contributed by atoms with van der Waals surface area (Å²) in [6.45, 7) is 2.86. The van der Waals surface area contributed by atoms with Crippen LogP contribution in [0.5, 0.6) is 0 Å². The van der Waals surface area contributed by atoms with Crippen molar-refractivity contribution in [3.8, 4) is 0 Å². The molecule has 0 saturated heterocycles. The van der Waals surface area contributed by atoms with Crippen molar-refractivity contribution in [3.63, 3.8) is 0 Å². The van der Waals surface area contributed by atoms with Crippen molar-refractivity contribution in [2.24, 2.45) is 11.5 Å². The SMILES string of the molecule is CC(=O)Nc1c(CCCN)c(CCCN)cc2ccccc12. The van der Waals surface area contributed by atoms with E-state index in [1.807, 2.05) is 12.1 Å². The molecule has 0 spiro atoms.